The van der Waals surface area contributed by atoms with Crippen LogP contribution in [-0.2, 0) is 0 Å². The largest absolute Gasteiger partial charge is 0.321 e. The molecule has 0 bridgehead atoms. The van der Waals surface area contributed by atoms with E-state index in [-0.39, 0.29) is 10.2 Å². The van der Waals surface area contributed by atoms with E-state index >= 15 is 0 Å². The second kappa shape index (κ2) is 5.46. The first kappa shape index (κ1) is 13.0. The summed E-state index contributed by atoms with van der Waals surface area (Å²) in [4.78, 5) is 15.7. The molecule has 0 saturated heterocycles. The molecule has 3 nitrogen and oxygen atoms in total. The lowest BCUT2D eigenvalue weighted by Gasteiger charge is -2.05. The van der Waals surface area contributed by atoms with Gasteiger partial charge in [0.15, 0.2) is 0 Å². The highest BCUT2D eigenvalue weighted by atomic mass is 79.9. The van der Waals surface area contributed by atoms with E-state index in [1.807, 2.05) is 0 Å². The lowest BCUT2D eigenvalue weighted by molar-refractivity contribution is 0.102. The number of anilines is 1. The molecule has 1 heterocycles. The molecule has 6 heteroatoms. The summed E-state index contributed by atoms with van der Waals surface area (Å²) in [5, 5.41) is 3.02. The third kappa shape index (κ3) is 3.05. The van der Waals surface area contributed by atoms with Crippen LogP contribution in [0, 0.1) is 5.82 Å². The first-order chi connectivity index (χ1) is 8.56. The Morgan fingerprint density at radius 3 is 2.78 bits per heavy atom. The van der Waals surface area contributed by atoms with Crippen LogP contribution in [0.2, 0.25) is 5.02 Å². The van der Waals surface area contributed by atoms with Crippen molar-refractivity contribution >= 4 is 39.1 Å². The number of pyridine rings is 1. The van der Waals surface area contributed by atoms with Crippen molar-refractivity contribution in [3.8, 4) is 0 Å². The van der Waals surface area contributed by atoms with E-state index in [0.29, 0.717) is 10.7 Å². The van der Waals surface area contributed by atoms with E-state index in [1.54, 1.807) is 6.07 Å². The number of carbonyl (C=O) groups excluding carboxylic acids is 1. The van der Waals surface area contributed by atoms with Gasteiger partial charge in [-0.2, -0.15) is 0 Å². The second-order valence-corrected chi connectivity index (χ2v) is 4.73. The van der Waals surface area contributed by atoms with E-state index in [1.165, 1.54) is 30.5 Å². The fourth-order valence-electron chi connectivity index (χ4n) is 1.30. The molecule has 0 aliphatic carbocycles. The number of benzene rings is 1. The van der Waals surface area contributed by atoms with Gasteiger partial charge in [-0.15, -0.1) is 0 Å². The SMILES string of the molecule is O=C(Nc1ccc(F)c(Br)c1)c1cc(Cl)ccn1. The van der Waals surface area contributed by atoms with Crippen LogP contribution in [0.3, 0.4) is 0 Å². The minimum absolute atomic E-state index is 0.197. The molecule has 0 saturated carbocycles. The van der Waals surface area contributed by atoms with Crippen molar-refractivity contribution in [3.05, 3.63) is 57.5 Å². The molecule has 1 aromatic carbocycles. The van der Waals surface area contributed by atoms with E-state index < -0.39 is 11.7 Å². The Bertz CT molecular complexity index is 606. The minimum atomic E-state index is -0.406. The molecule has 0 fully saturated rings. The molecular formula is C12H7BrClFN2O. The van der Waals surface area contributed by atoms with Gasteiger partial charge in [0, 0.05) is 16.9 Å². The summed E-state index contributed by atoms with van der Waals surface area (Å²) < 4.78 is 13.3. The van der Waals surface area contributed by atoms with Crippen LogP contribution in [0.25, 0.3) is 0 Å². The maximum absolute atomic E-state index is 13.0. The molecule has 1 amide bonds. The average Bonchev–Trinajstić information content (AvgIpc) is 2.34. The van der Waals surface area contributed by atoms with Crippen molar-refractivity contribution in [3.63, 3.8) is 0 Å². The molecule has 0 radical (unpaired) electrons. The molecule has 2 aromatic rings. The molecule has 0 unspecified atom stereocenters. The molecule has 1 N–H and O–H groups in total. The molecule has 0 aliphatic rings. The van der Waals surface area contributed by atoms with Crippen LogP contribution in [0.1, 0.15) is 10.5 Å². The lowest BCUT2D eigenvalue weighted by atomic mass is 10.3. The van der Waals surface area contributed by atoms with E-state index in [0.717, 1.165) is 0 Å². The number of nitrogens with zero attached hydrogens (tertiary/aromatic N) is 1. The first-order valence-corrected chi connectivity index (χ1v) is 6.11. The predicted octanol–water partition coefficient (Wildman–Crippen LogP) is 3.89. The summed E-state index contributed by atoms with van der Waals surface area (Å²) in [7, 11) is 0. The smallest absolute Gasteiger partial charge is 0.274 e. The topological polar surface area (TPSA) is 42.0 Å². The van der Waals surface area contributed by atoms with Crippen molar-refractivity contribution in [2.75, 3.05) is 5.32 Å². The number of hydrogen-bond donors (Lipinski definition) is 1. The Labute approximate surface area is 116 Å². The fourth-order valence-corrected chi connectivity index (χ4v) is 1.84. The molecule has 0 aliphatic heterocycles. The number of carbonyl (C=O) groups is 1. The van der Waals surface area contributed by atoms with Crippen molar-refractivity contribution in [1.29, 1.82) is 0 Å². The summed E-state index contributed by atoms with van der Waals surface area (Å²) in [5.74, 6) is -0.801. The zero-order valence-electron chi connectivity index (χ0n) is 8.95. The van der Waals surface area contributed by atoms with E-state index in [4.69, 9.17) is 11.6 Å². The van der Waals surface area contributed by atoms with Gasteiger partial charge in [0.2, 0.25) is 0 Å². The molecule has 1 aromatic heterocycles. The van der Waals surface area contributed by atoms with Gasteiger partial charge >= 0.3 is 0 Å². The van der Waals surface area contributed by atoms with Gasteiger partial charge in [0.05, 0.1) is 4.47 Å². The minimum Gasteiger partial charge on any atom is -0.321 e. The molecule has 0 atom stereocenters. The highest BCUT2D eigenvalue weighted by Gasteiger charge is 2.09. The summed E-state index contributed by atoms with van der Waals surface area (Å²) >= 11 is 8.80. The lowest BCUT2D eigenvalue weighted by Crippen LogP contribution is -2.13. The highest BCUT2D eigenvalue weighted by Crippen LogP contribution is 2.20. The fraction of sp³-hybridized carbons (Fsp3) is 0. The van der Waals surface area contributed by atoms with Gasteiger partial charge < -0.3 is 5.32 Å². The van der Waals surface area contributed by atoms with Gasteiger partial charge in [0.25, 0.3) is 5.91 Å². The maximum Gasteiger partial charge on any atom is 0.274 e. The van der Waals surface area contributed by atoms with E-state index in [2.05, 4.69) is 26.2 Å². The van der Waals surface area contributed by atoms with Crippen LogP contribution in [0.15, 0.2) is 41.0 Å². The summed E-state index contributed by atoms with van der Waals surface area (Å²) in [6.45, 7) is 0. The molecule has 2 rings (SSSR count). The molecular weight excluding hydrogens is 323 g/mol. The Morgan fingerprint density at radius 2 is 2.11 bits per heavy atom. The van der Waals surface area contributed by atoms with Crippen LogP contribution in [0.5, 0.6) is 0 Å². The van der Waals surface area contributed by atoms with Crippen LogP contribution >= 0.6 is 27.5 Å². The van der Waals surface area contributed by atoms with Crippen molar-refractivity contribution in [2.24, 2.45) is 0 Å². The third-order valence-corrected chi connectivity index (χ3v) is 2.97. The van der Waals surface area contributed by atoms with Crippen LogP contribution in [0.4, 0.5) is 10.1 Å². The van der Waals surface area contributed by atoms with Gasteiger partial charge in [-0.05, 0) is 46.3 Å². The normalized spacial score (nSPS) is 10.2. The number of halogens is 3. The predicted molar refractivity (Wildman–Crippen MR) is 71.3 cm³/mol. The highest BCUT2D eigenvalue weighted by molar-refractivity contribution is 9.10. The average molecular weight is 330 g/mol. The summed E-state index contributed by atoms with van der Waals surface area (Å²) in [5.41, 5.74) is 0.665. The quantitative estimate of drug-likeness (QED) is 0.908. The van der Waals surface area contributed by atoms with Crippen molar-refractivity contribution in [1.82, 2.24) is 4.98 Å². The Morgan fingerprint density at radius 1 is 1.33 bits per heavy atom. The van der Waals surface area contributed by atoms with Gasteiger partial charge in [-0.3, -0.25) is 9.78 Å². The second-order valence-electron chi connectivity index (χ2n) is 3.44. The van der Waals surface area contributed by atoms with Crippen molar-refractivity contribution < 1.29 is 9.18 Å². The van der Waals surface area contributed by atoms with E-state index in [9.17, 15) is 9.18 Å². The van der Waals surface area contributed by atoms with Crippen LogP contribution in [-0.4, -0.2) is 10.9 Å². The first-order valence-electron chi connectivity index (χ1n) is 4.94. The summed E-state index contributed by atoms with van der Waals surface area (Å²) in [6.07, 6.45) is 1.44. The monoisotopic (exact) mass is 328 g/mol. The number of nitrogens with one attached hydrogen (secondary N) is 1. The zero-order chi connectivity index (χ0) is 13.1. The Balaban J connectivity index is 2.18. The van der Waals surface area contributed by atoms with Gasteiger partial charge in [0.1, 0.15) is 11.5 Å². The van der Waals surface area contributed by atoms with Crippen molar-refractivity contribution in [2.45, 2.75) is 0 Å². The molecule has 92 valence electrons. The van der Waals surface area contributed by atoms with Gasteiger partial charge in [-0.1, -0.05) is 11.6 Å². The number of aromatic nitrogens is 1. The molecule has 18 heavy (non-hydrogen) atoms. The maximum atomic E-state index is 13.0. The summed E-state index contributed by atoms with van der Waals surface area (Å²) in [6, 6.07) is 7.22. The Kier molecular flexibility index (Phi) is 3.93. The standard InChI is InChI=1S/C12H7BrClFN2O/c13-9-6-8(1-2-10(9)15)17-12(18)11-5-7(14)3-4-16-11/h1-6H,(H,17,18). The number of amides is 1. The molecule has 0 spiro atoms. The number of rotatable bonds is 2. The van der Waals surface area contributed by atoms with Gasteiger partial charge in [-0.25, -0.2) is 4.39 Å². The zero-order valence-corrected chi connectivity index (χ0v) is 11.3. The third-order valence-electron chi connectivity index (χ3n) is 2.13. The van der Waals surface area contributed by atoms with Crippen LogP contribution < -0.4 is 5.32 Å². The Hall–Kier alpha value is -1.46. The number of hydrogen-bond acceptors (Lipinski definition) is 2.